The minimum atomic E-state index is -1.65. The van der Waals surface area contributed by atoms with Crippen LogP contribution in [0.3, 0.4) is 0 Å². The number of carbonyl (C=O) groups excluding carboxylic acids is 3. The Balaban J connectivity index is 3.17. The van der Waals surface area contributed by atoms with Crippen molar-refractivity contribution in [2.75, 3.05) is 0 Å². The second-order valence-electron chi connectivity index (χ2n) is 8.46. The zero-order chi connectivity index (χ0) is 29.7. The molecule has 0 heterocycles. The van der Waals surface area contributed by atoms with Gasteiger partial charge in [0.2, 0.25) is 17.7 Å². The van der Waals surface area contributed by atoms with Crippen LogP contribution < -0.4 is 21.7 Å². The van der Waals surface area contributed by atoms with E-state index in [2.05, 4.69) is 16.0 Å². The number of benzene rings is 1. The molecule has 4 unspecified atom stereocenters. The molecule has 4 atom stereocenters. The van der Waals surface area contributed by atoms with Crippen LogP contribution in [0.15, 0.2) is 24.3 Å². The Hall–Kier alpha value is -4.73. The van der Waals surface area contributed by atoms with Crippen molar-refractivity contribution < 1.29 is 59.1 Å². The maximum absolute atomic E-state index is 13.1. The van der Waals surface area contributed by atoms with Crippen LogP contribution in [0.25, 0.3) is 0 Å². The van der Waals surface area contributed by atoms with Gasteiger partial charge in [0, 0.05) is 19.3 Å². The van der Waals surface area contributed by atoms with Crippen LogP contribution in [0.1, 0.15) is 37.7 Å². The highest BCUT2D eigenvalue weighted by atomic mass is 16.4. The number of rotatable bonds is 17. The molecule has 1 aromatic rings. The number of carboxylic acid groups (broad SMARTS) is 4. The Morgan fingerprint density at radius 3 is 1.62 bits per heavy atom. The summed E-state index contributed by atoms with van der Waals surface area (Å²) in [6.45, 7) is 0. The molecular weight excluding hydrogens is 524 g/mol. The molecule has 0 aromatic heterocycles. The second kappa shape index (κ2) is 15.5. The van der Waals surface area contributed by atoms with Gasteiger partial charge < -0.3 is 47.2 Å². The van der Waals surface area contributed by atoms with Gasteiger partial charge in [-0.25, -0.2) is 4.79 Å². The van der Waals surface area contributed by atoms with Gasteiger partial charge in [-0.1, -0.05) is 12.1 Å². The number of carboxylic acids is 4. The van der Waals surface area contributed by atoms with E-state index in [9.17, 15) is 43.8 Å². The lowest BCUT2D eigenvalue weighted by atomic mass is 10.0. The third kappa shape index (κ3) is 12.4. The van der Waals surface area contributed by atoms with Gasteiger partial charge in [0.25, 0.3) is 0 Å². The largest absolute Gasteiger partial charge is 0.508 e. The molecular formula is C23H30N4O12. The molecule has 16 heteroatoms. The van der Waals surface area contributed by atoms with Crippen molar-refractivity contribution in [2.45, 2.75) is 62.7 Å². The van der Waals surface area contributed by atoms with Gasteiger partial charge in [-0.3, -0.25) is 28.8 Å². The average Bonchev–Trinajstić information content (AvgIpc) is 2.83. The first-order valence-electron chi connectivity index (χ1n) is 11.5. The maximum atomic E-state index is 13.1. The first kappa shape index (κ1) is 32.3. The van der Waals surface area contributed by atoms with Crippen LogP contribution in [0, 0.1) is 0 Å². The lowest BCUT2D eigenvalue weighted by molar-refractivity contribution is -0.144. The summed E-state index contributed by atoms with van der Waals surface area (Å²) in [5.41, 5.74) is 5.98. The molecule has 1 aromatic carbocycles. The van der Waals surface area contributed by atoms with Crippen molar-refractivity contribution >= 4 is 41.6 Å². The number of nitrogens with one attached hydrogen (secondary N) is 3. The van der Waals surface area contributed by atoms with Gasteiger partial charge in [0.1, 0.15) is 23.9 Å². The van der Waals surface area contributed by atoms with Gasteiger partial charge in [-0.15, -0.1) is 0 Å². The van der Waals surface area contributed by atoms with Crippen molar-refractivity contribution in [3.05, 3.63) is 29.8 Å². The zero-order valence-electron chi connectivity index (χ0n) is 20.5. The SMILES string of the molecule is NC(CC(=O)O)C(=O)NC(Cc1ccc(O)cc1)C(=O)NC(CCC(=O)O)C(=O)NC(CCC(=O)O)C(=O)O. The van der Waals surface area contributed by atoms with Crippen LogP contribution in [0.4, 0.5) is 0 Å². The summed E-state index contributed by atoms with van der Waals surface area (Å²) in [6, 6.07) is -0.797. The minimum Gasteiger partial charge on any atom is -0.508 e. The Labute approximate surface area is 221 Å². The molecule has 0 bridgehead atoms. The van der Waals surface area contributed by atoms with E-state index in [4.69, 9.17) is 21.1 Å². The fraction of sp³-hybridized carbons (Fsp3) is 0.435. The molecule has 0 aliphatic heterocycles. The summed E-state index contributed by atoms with van der Waals surface area (Å²) in [5.74, 6) is -8.81. The molecule has 0 saturated carbocycles. The van der Waals surface area contributed by atoms with Gasteiger partial charge >= 0.3 is 23.9 Å². The van der Waals surface area contributed by atoms with Gasteiger partial charge in [-0.2, -0.15) is 0 Å². The molecule has 0 radical (unpaired) electrons. The number of amides is 3. The standard InChI is InChI=1S/C23H30N4O12/c24-13(10-19(33)34)20(35)27-16(9-11-1-3-12(28)4-2-11)22(37)25-14(5-7-17(29)30)21(36)26-15(23(38)39)6-8-18(31)32/h1-4,13-16,28H,5-10,24H2,(H,25,37)(H,26,36)(H,27,35)(H,29,30)(H,31,32)(H,33,34)(H,38,39). The number of nitrogens with two attached hydrogens (primary N) is 1. The number of hydrogen-bond donors (Lipinski definition) is 9. The van der Waals surface area contributed by atoms with Crippen LogP contribution in [-0.4, -0.2) is 91.3 Å². The highest BCUT2D eigenvalue weighted by Gasteiger charge is 2.31. The van der Waals surface area contributed by atoms with E-state index in [-0.39, 0.29) is 12.2 Å². The minimum absolute atomic E-state index is 0.0893. The smallest absolute Gasteiger partial charge is 0.326 e. The first-order chi connectivity index (χ1) is 18.2. The molecule has 0 spiro atoms. The molecule has 1 rings (SSSR count). The molecule has 0 aliphatic rings. The molecule has 0 aliphatic carbocycles. The maximum Gasteiger partial charge on any atom is 0.326 e. The van der Waals surface area contributed by atoms with Crippen molar-refractivity contribution in [3.63, 3.8) is 0 Å². The van der Waals surface area contributed by atoms with Gasteiger partial charge in [0.15, 0.2) is 0 Å². The highest BCUT2D eigenvalue weighted by Crippen LogP contribution is 2.12. The predicted octanol–water partition coefficient (Wildman–Crippen LogP) is -1.99. The Kier molecular flexibility index (Phi) is 12.8. The number of phenols is 1. The van der Waals surface area contributed by atoms with Crippen molar-refractivity contribution in [1.82, 2.24) is 16.0 Å². The lowest BCUT2D eigenvalue weighted by Crippen LogP contribution is -2.57. The topological polar surface area (TPSA) is 283 Å². The molecule has 39 heavy (non-hydrogen) atoms. The Bertz CT molecular complexity index is 1080. The number of carbonyl (C=O) groups is 7. The molecule has 0 saturated heterocycles. The van der Waals surface area contributed by atoms with Gasteiger partial charge in [-0.05, 0) is 30.5 Å². The summed E-state index contributed by atoms with van der Waals surface area (Å²) in [4.78, 5) is 82.6. The average molecular weight is 555 g/mol. The fourth-order valence-corrected chi connectivity index (χ4v) is 3.24. The van der Waals surface area contributed by atoms with Crippen molar-refractivity contribution in [3.8, 4) is 5.75 Å². The number of aromatic hydroxyl groups is 1. The zero-order valence-corrected chi connectivity index (χ0v) is 20.5. The number of phenolic OH excluding ortho intramolecular Hbond substituents is 1. The van der Waals surface area contributed by atoms with Crippen molar-refractivity contribution in [2.24, 2.45) is 5.73 Å². The summed E-state index contributed by atoms with van der Waals surface area (Å²) < 4.78 is 0. The predicted molar refractivity (Wildman–Crippen MR) is 129 cm³/mol. The van der Waals surface area contributed by atoms with Crippen molar-refractivity contribution in [1.29, 1.82) is 0 Å². The molecule has 214 valence electrons. The molecule has 0 fully saturated rings. The van der Waals surface area contributed by atoms with Crippen LogP contribution >= 0.6 is 0 Å². The third-order valence-corrected chi connectivity index (χ3v) is 5.28. The number of aliphatic carboxylic acids is 4. The normalized spacial score (nSPS) is 13.7. The van der Waals surface area contributed by atoms with E-state index in [0.717, 1.165) is 0 Å². The summed E-state index contributed by atoms with van der Waals surface area (Å²) in [6.07, 6.45) is -3.17. The van der Waals surface area contributed by atoms with E-state index in [0.29, 0.717) is 5.56 Å². The molecule has 10 N–H and O–H groups in total. The van der Waals surface area contributed by atoms with Crippen LogP contribution in [-0.2, 0) is 40.0 Å². The summed E-state index contributed by atoms with van der Waals surface area (Å²) >= 11 is 0. The van der Waals surface area contributed by atoms with Crippen LogP contribution in [0.5, 0.6) is 5.75 Å². The number of hydrogen-bond acceptors (Lipinski definition) is 9. The van der Waals surface area contributed by atoms with E-state index in [1.54, 1.807) is 0 Å². The highest BCUT2D eigenvalue weighted by molar-refractivity contribution is 5.95. The Morgan fingerprint density at radius 2 is 1.13 bits per heavy atom. The summed E-state index contributed by atoms with van der Waals surface area (Å²) in [5, 5.41) is 52.1. The summed E-state index contributed by atoms with van der Waals surface area (Å²) in [7, 11) is 0. The second-order valence-corrected chi connectivity index (χ2v) is 8.46. The fourth-order valence-electron chi connectivity index (χ4n) is 3.24. The van der Waals surface area contributed by atoms with Crippen LogP contribution in [0.2, 0.25) is 0 Å². The first-order valence-corrected chi connectivity index (χ1v) is 11.5. The van der Waals surface area contributed by atoms with Gasteiger partial charge in [0.05, 0.1) is 12.5 Å². The lowest BCUT2D eigenvalue weighted by Gasteiger charge is -2.25. The molecule has 16 nitrogen and oxygen atoms in total. The Morgan fingerprint density at radius 1 is 0.667 bits per heavy atom. The van der Waals surface area contributed by atoms with E-state index < -0.39 is 97.9 Å². The third-order valence-electron chi connectivity index (χ3n) is 5.28. The van der Waals surface area contributed by atoms with E-state index in [1.165, 1.54) is 24.3 Å². The molecule has 3 amide bonds. The van der Waals surface area contributed by atoms with E-state index >= 15 is 0 Å². The quantitative estimate of drug-likeness (QED) is 0.101. The van der Waals surface area contributed by atoms with E-state index in [1.807, 2.05) is 0 Å². The monoisotopic (exact) mass is 554 g/mol.